The molecule has 0 fully saturated rings. The van der Waals surface area contributed by atoms with Crippen molar-refractivity contribution in [2.45, 2.75) is 19.6 Å². The fourth-order valence-corrected chi connectivity index (χ4v) is 2.73. The van der Waals surface area contributed by atoms with Crippen LogP contribution in [0.15, 0.2) is 27.5 Å². The number of alkyl halides is 3. The topological polar surface area (TPSA) is 24.9 Å². The largest absolute Gasteiger partial charge is 0.419 e. The summed E-state index contributed by atoms with van der Waals surface area (Å²) in [5.41, 5.74) is 1.26. The van der Waals surface area contributed by atoms with Gasteiger partial charge in [0, 0.05) is 17.2 Å². The lowest BCUT2D eigenvalue weighted by Gasteiger charge is -2.13. The normalized spacial score (nSPS) is 11.6. The van der Waals surface area contributed by atoms with E-state index in [-0.39, 0.29) is 5.82 Å². The number of hydrogen-bond acceptors (Lipinski definition) is 3. The minimum absolute atomic E-state index is 0.152. The molecule has 2 rings (SSSR count). The molecule has 2 aromatic rings. The number of aromatic nitrogens is 1. The Labute approximate surface area is 120 Å². The SMILES string of the molecule is Cc1cscc1CNc1ncc(Br)cc1C(F)(F)F. The van der Waals surface area contributed by atoms with Gasteiger partial charge < -0.3 is 5.32 Å². The van der Waals surface area contributed by atoms with Crippen molar-refractivity contribution in [2.75, 3.05) is 5.32 Å². The maximum atomic E-state index is 12.9. The van der Waals surface area contributed by atoms with E-state index in [0.29, 0.717) is 11.0 Å². The smallest absolute Gasteiger partial charge is 0.365 e. The average molecular weight is 351 g/mol. The van der Waals surface area contributed by atoms with Gasteiger partial charge in [-0.2, -0.15) is 24.5 Å². The zero-order valence-corrected chi connectivity index (χ0v) is 12.3. The summed E-state index contributed by atoms with van der Waals surface area (Å²) in [6, 6.07) is 1.02. The Kier molecular flexibility index (Phi) is 4.15. The zero-order valence-electron chi connectivity index (χ0n) is 9.88. The number of rotatable bonds is 3. The molecule has 0 aromatic carbocycles. The summed E-state index contributed by atoms with van der Waals surface area (Å²) in [4.78, 5) is 3.80. The first-order valence-electron chi connectivity index (χ1n) is 5.36. The highest BCUT2D eigenvalue weighted by Crippen LogP contribution is 2.35. The van der Waals surface area contributed by atoms with Gasteiger partial charge in [-0.15, -0.1) is 0 Å². The molecule has 7 heteroatoms. The second-order valence-electron chi connectivity index (χ2n) is 3.98. The van der Waals surface area contributed by atoms with Crippen LogP contribution >= 0.6 is 27.3 Å². The number of nitrogens with zero attached hydrogens (tertiary/aromatic N) is 1. The molecule has 2 nitrogen and oxygen atoms in total. The summed E-state index contributed by atoms with van der Waals surface area (Å²) in [5.74, 6) is -0.152. The summed E-state index contributed by atoms with van der Waals surface area (Å²) >= 11 is 4.53. The van der Waals surface area contributed by atoms with E-state index >= 15 is 0 Å². The molecule has 0 atom stereocenters. The summed E-state index contributed by atoms with van der Waals surface area (Å²) in [6.07, 6.45) is -3.08. The highest BCUT2D eigenvalue weighted by atomic mass is 79.9. The van der Waals surface area contributed by atoms with Crippen LogP contribution in [0, 0.1) is 6.92 Å². The van der Waals surface area contributed by atoms with Crippen LogP contribution in [0.1, 0.15) is 16.7 Å². The lowest BCUT2D eigenvalue weighted by atomic mass is 10.2. The first-order chi connectivity index (χ1) is 8.88. The van der Waals surface area contributed by atoms with E-state index in [9.17, 15) is 13.2 Å². The van der Waals surface area contributed by atoms with E-state index in [2.05, 4.69) is 26.2 Å². The predicted molar refractivity (Wildman–Crippen MR) is 73.3 cm³/mol. The molecule has 0 aliphatic carbocycles. The number of thiophene rings is 1. The molecule has 0 unspecified atom stereocenters. The Morgan fingerprint density at radius 3 is 2.68 bits per heavy atom. The van der Waals surface area contributed by atoms with Crippen LogP contribution in [0.25, 0.3) is 0 Å². The molecule has 2 heterocycles. The molecule has 102 valence electrons. The maximum absolute atomic E-state index is 12.9. The first-order valence-corrected chi connectivity index (χ1v) is 7.10. The Morgan fingerprint density at radius 2 is 2.11 bits per heavy atom. The summed E-state index contributed by atoms with van der Waals surface area (Å²) in [6.45, 7) is 2.25. The lowest BCUT2D eigenvalue weighted by Crippen LogP contribution is -2.12. The van der Waals surface area contributed by atoms with Crippen molar-refractivity contribution in [2.24, 2.45) is 0 Å². The van der Waals surface area contributed by atoms with Gasteiger partial charge in [-0.25, -0.2) is 4.98 Å². The van der Waals surface area contributed by atoms with Gasteiger partial charge in [-0.3, -0.25) is 0 Å². The van der Waals surface area contributed by atoms with Crippen LogP contribution in [0.2, 0.25) is 0 Å². The van der Waals surface area contributed by atoms with Gasteiger partial charge in [0.15, 0.2) is 0 Å². The average Bonchev–Trinajstić information content (AvgIpc) is 2.72. The minimum Gasteiger partial charge on any atom is -0.365 e. The van der Waals surface area contributed by atoms with E-state index in [1.54, 1.807) is 0 Å². The standard InChI is InChI=1S/C12H10BrF3N2S/c1-7-5-19-6-8(7)3-17-11-10(12(14,15)16)2-9(13)4-18-11/h2,4-6H,3H2,1H3,(H,17,18). The predicted octanol–water partition coefficient (Wildman–Crippen LogP) is 4.84. The van der Waals surface area contributed by atoms with Crippen molar-refractivity contribution in [3.8, 4) is 0 Å². The third-order valence-corrected chi connectivity index (χ3v) is 3.91. The molecular weight excluding hydrogens is 341 g/mol. The van der Waals surface area contributed by atoms with Gasteiger partial charge in [-0.1, -0.05) is 0 Å². The van der Waals surface area contributed by atoms with Crippen molar-refractivity contribution in [3.63, 3.8) is 0 Å². The summed E-state index contributed by atoms with van der Waals surface area (Å²) in [7, 11) is 0. The van der Waals surface area contributed by atoms with Crippen LogP contribution in [-0.4, -0.2) is 4.98 Å². The van der Waals surface area contributed by atoms with Gasteiger partial charge in [0.25, 0.3) is 0 Å². The van der Waals surface area contributed by atoms with Crippen LogP contribution < -0.4 is 5.32 Å². The number of hydrogen-bond donors (Lipinski definition) is 1. The van der Waals surface area contributed by atoms with Gasteiger partial charge >= 0.3 is 6.18 Å². The number of anilines is 1. The maximum Gasteiger partial charge on any atom is 0.419 e. The van der Waals surface area contributed by atoms with E-state index in [4.69, 9.17) is 0 Å². The van der Waals surface area contributed by atoms with Gasteiger partial charge in [0.2, 0.25) is 0 Å². The number of pyridine rings is 1. The number of aryl methyl sites for hydroxylation is 1. The molecule has 0 aliphatic heterocycles. The Hall–Kier alpha value is -1.08. The third kappa shape index (κ3) is 3.48. The van der Waals surface area contributed by atoms with E-state index in [1.807, 2.05) is 17.7 Å². The molecule has 19 heavy (non-hydrogen) atoms. The molecule has 0 saturated heterocycles. The summed E-state index contributed by atoms with van der Waals surface area (Å²) in [5, 5.41) is 6.61. The van der Waals surface area contributed by atoms with Crippen molar-refractivity contribution in [1.29, 1.82) is 0 Å². The second-order valence-corrected chi connectivity index (χ2v) is 5.64. The Bertz CT molecular complexity index is 581. The molecular formula is C12H10BrF3N2S. The number of halogens is 4. The molecule has 0 spiro atoms. The molecule has 0 saturated carbocycles. The van der Waals surface area contributed by atoms with E-state index in [1.165, 1.54) is 17.5 Å². The third-order valence-electron chi connectivity index (χ3n) is 2.57. The van der Waals surface area contributed by atoms with E-state index < -0.39 is 11.7 Å². The zero-order chi connectivity index (χ0) is 14.0. The summed E-state index contributed by atoms with van der Waals surface area (Å²) < 4.78 is 38.9. The lowest BCUT2D eigenvalue weighted by molar-refractivity contribution is -0.137. The van der Waals surface area contributed by atoms with E-state index in [0.717, 1.165) is 17.2 Å². The highest BCUT2D eigenvalue weighted by molar-refractivity contribution is 9.10. The van der Waals surface area contributed by atoms with Crippen LogP contribution in [0.4, 0.5) is 19.0 Å². The molecule has 0 radical (unpaired) electrons. The van der Waals surface area contributed by atoms with Crippen LogP contribution in [0.5, 0.6) is 0 Å². The van der Waals surface area contributed by atoms with Gasteiger partial charge in [0.05, 0.1) is 5.56 Å². The molecule has 0 bridgehead atoms. The Balaban J connectivity index is 2.23. The fraction of sp³-hybridized carbons (Fsp3) is 0.250. The van der Waals surface area contributed by atoms with Gasteiger partial charge in [-0.05, 0) is 50.8 Å². The monoisotopic (exact) mass is 350 g/mol. The van der Waals surface area contributed by atoms with Crippen molar-refractivity contribution in [1.82, 2.24) is 4.98 Å². The van der Waals surface area contributed by atoms with Crippen molar-refractivity contribution in [3.05, 3.63) is 44.2 Å². The van der Waals surface area contributed by atoms with Gasteiger partial charge in [0.1, 0.15) is 5.82 Å². The van der Waals surface area contributed by atoms with Crippen molar-refractivity contribution < 1.29 is 13.2 Å². The quantitative estimate of drug-likeness (QED) is 0.856. The molecule has 0 amide bonds. The first kappa shape index (κ1) is 14.3. The molecule has 0 aliphatic rings. The number of nitrogens with one attached hydrogen (secondary N) is 1. The molecule has 1 N–H and O–H groups in total. The molecule has 2 aromatic heterocycles. The van der Waals surface area contributed by atoms with Crippen LogP contribution in [0.3, 0.4) is 0 Å². The fourth-order valence-electron chi connectivity index (χ4n) is 1.54. The second kappa shape index (κ2) is 5.50. The van der Waals surface area contributed by atoms with Crippen LogP contribution in [-0.2, 0) is 12.7 Å². The minimum atomic E-state index is -4.43. The highest BCUT2D eigenvalue weighted by Gasteiger charge is 2.34. The van der Waals surface area contributed by atoms with Crippen molar-refractivity contribution >= 4 is 33.1 Å². The Morgan fingerprint density at radius 1 is 1.37 bits per heavy atom.